The predicted octanol–water partition coefficient (Wildman–Crippen LogP) is 13.6. The first-order valence-corrected chi connectivity index (χ1v) is 21.6. The molecule has 2 heterocycles. The summed E-state index contributed by atoms with van der Waals surface area (Å²) in [6, 6.07) is 57.5. The van der Waals surface area contributed by atoms with Crippen molar-refractivity contribution in [1.29, 1.82) is 0 Å². The van der Waals surface area contributed by atoms with Crippen molar-refractivity contribution in [2.75, 3.05) is 5.32 Å². The third-order valence-electron chi connectivity index (χ3n) is 13.7. The zero-order valence-electron chi connectivity index (χ0n) is 36.1. The number of anilines is 2. The SMILES string of the molecule is CC(C)(C)c1ccc2c(c1)c1cc(C(C)(C)C)cc3c1n2-c1cc(-c2ccccc2)cc(-c2c(Nc4ccc5c(c4)-c4ccccc4C5(C)C)ccc4ccccc24)c1B3. The second-order valence-electron chi connectivity index (χ2n) is 19.9. The summed E-state index contributed by atoms with van der Waals surface area (Å²) < 4.78 is 2.60. The van der Waals surface area contributed by atoms with Crippen LogP contribution in [-0.2, 0) is 16.2 Å². The number of benzene rings is 8. The molecule has 11 rings (SSSR count). The molecule has 0 amide bonds. The zero-order chi connectivity index (χ0) is 41.3. The van der Waals surface area contributed by atoms with Crippen molar-refractivity contribution >= 4 is 62.2 Å². The number of nitrogens with one attached hydrogen (secondary N) is 1. The quantitative estimate of drug-likeness (QED) is 0.176. The van der Waals surface area contributed by atoms with E-state index in [-0.39, 0.29) is 16.2 Å². The first kappa shape index (κ1) is 36.7. The lowest BCUT2D eigenvalue weighted by molar-refractivity contribution is 0.590. The zero-order valence-corrected chi connectivity index (χ0v) is 36.1. The number of hydrogen-bond donors (Lipinski definition) is 1. The molecule has 2 aliphatic rings. The minimum atomic E-state index is -0.0407. The fraction of sp³-hybridized carbons (Fsp3) is 0.193. The summed E-state index contributed by atoms with van der Waals surface area (Å²) in [6.45, 7) is 18.7. The van der Waals surface area contributed by atoms with E-state index in [1.54, 1.807) is 0 Å². The van der Waals surface area contributed by atoms with Crippen molar-refractivity contribution in [2.24, 2.45) is 0 Å². The van der Waals surface area contributed by atoms with Crippen LogP contribution in [0.2, 0.25) is 0 Å². The molecule has 2 nitrogen and oxygen atoms in total. The van der Waals surface area contributed by atoms with Gasteiger partial charge in [0, 0.05) is 44.3 Å². The van der Waals surface area contributed by atoms with Crippen LogP contribution in [0.5, 0.6) is 0 Å². The maximum absolute atomic E-state index is 4.02. The van der Waals surface area contributed by atoms with Crippen molar-refractivity contribution < 1.29 is 0 Å². The maximum atomic E-state index is 4.02. The second-order valence-corrected chi connectivity index (χ2v) is 19.9. The van der Waals surface area contributed by atoms with Crippen LogP contribution in [-0.4, -0.2) is 11.8 Å². The number of hydrogen-bond acceptors (Lipinski definition) is 1. The van der Waals surface area contributed by atoms with Crippen LogP contribution in [0.4, 0.5) is 11.4 Å². The van der Waals surface area contributed by atoms with Crippen LogP contribution in [0.15, 0.2) is 152 Å². The molecule has 1 aliphatic heterocycles. The van der Waals surface area contributed by atoms with E-state index in [1.165, 1.54) is 105 Å². The fourth-order valence-electron chi connectivity index (χ4n) is 10.4. The summed E-state index contributed by atoms with van der Waals surface area (Å²) in [5.41, 5.74) is 21.9. The summed E-state index contributed by atoms with van der Waals surface area (Å²) in [5, 5.41) is 9.18. The van der Waals surface area contributed by atoms with E-state index in [0.29, 0.717) is 0 Å². The topological polar surface area (TPSA) is 17.0 Å². The van der Waals surface area contributed by atoms with E-state index in [2.05, 4.69) is 217 Å². The summed E-state index contributed by atoms with van der Waals surface area (Å²) in [5.74, 6) is 0. The second kappa shape index (κ2) is 12.8. The monoisotopic (exact) mass is 774 g/mol. The largest absolute Gasteiger partial charge is 0.355 e. The van der Waals surface area contributed by atoms with Gasteiger partial charge >= 0.3 is 0 Å². The number of nitrogens with zero attached hydrogens (tertiary/aromatic N) is 1. The van der Waals surface area contributed by atoms with Gasteiger partial charge < -0.3 is 9.88 Å². The standard InChI is InChI=1S/C57H51BN2/c1-55(2,3)37-23-27-50-43(30-37)44-31-38(56(4,5)6)32-48-54(44)60(50)51-29-36(34-16-10-9-11-17-34)28-45(53(51)58-48)52-40-19-13-12-18-35(40)22-26-49(52)59-39-24-25-47-42(33-39)41-20-14-15-21-46(41)57(47,7)8/h9-33,58-59H,1-8H3. The van der Waals surface area contributed by atoms with Crippen LogP contribution in [0.3, 0.4) is 0 Å². The lowest BCUT2D eigenvalue weighted by Gasteiger charge is -2.28. The molecule has 8 aromatic carbocycles. The van der Waals surface area contributed by atoms with Gasteiger partial charge in [-0.05, 0) is 126 Å². The Balaban J connectivity index is 1.20. The van der Waals surface area contributed by atoms with E-state index < -0.39 is 0 Å². The molecule has 0 saturated carbocycles. The molecule has 292 valence electrons. The molecule has 3 heteroatoms. The highest BCUT2D eigenvalue weighted by Gasteiger charge is 2.35. The van der Waals surface area contributed by atoms with E-state index >= 15 is 0 Å². The molecule has 0 unspecified atom stereocenters. The molecule has 60 heavy (non-hydrogen) atoms. The van der Waals surface area contributed by atoms with Crippen molar-refractivity contribution in [1.82, 2.24) is 4.57 Å². The van der Waals surface area contributed by atoms with Crippen molar-refractivity contribution in [3.05, 3.63) is 174 Å². The molecular weight excluding hydrogens is 723 g/mol. The van der Waals surface area contributed by atoms with Gasteiger partial charge in [0.15, 0.2) is 7.28 Å². The van der Waals surface area contributed by atoms with Crippen molar-refractivity contribution in [3.63, 3.8) is 0 Å². The minimum Gasteiger partial charge on any atom is -0.355 e. The highest BCUT2D eigenvalue weighted by atomic mass is 15.0. The Bertz CT molecular complexity index is 3240. The van der Waals surface area contributed by atoms with Gasteiger partial charge in [0.2, 0.25) is 0 Å². The van der Waals surface area contributed by atoms with Gasteiger partial charge in [-0.2, -0.15) is 0 Å². The summed E-state index contributed by atoms with van der Waals surface area (Å²) in [7, 11) is 0.843. The Labute approximate surface area is 355 Å². The first-order chi connectivity index (χ1) is 28.8. The third-order valence-corrected chi connectivity index (χ3v) is 13.7. The molecule has 1 aliphatic carbocycles. The molecule has 0 bridgehead atoms. The van der Waals surface area contributed by atoms with Gasteiger partial charge in [0.1, 0.15) is 0 Å². The average molecular weight is 775 g/mol. The number of rotatable bonds is 4. The van der Waals surface area contributed by atoms with Gasteiger partial charge in [-0.15, -0.1) is 0 Å². The van der Waals surface area contributed by atoms with Gasteiger partial charge in [0.25, 0.3) is 0 Å². The van der Waals surface area contributed by atoms with E-state index in [1.807, 2.05) is 0 Å². The predicted molar refractivity (Wildman–Crippen MR) is 260 cm³/mol. The fourth-order valence-corrected chi connectivity index (χ4v) is 10.4. The van der Waals surface area contributed by atoms with Crippen LogP contribution in [0.1, 0.15) is 77.6 Å². The van der Waals surface area contributed by atoms with E-state index in [9.17, 15) is 0 Å². The highest BCUT2D eigenvalue weighted by Crippen LogP contribution is 2.50. The van der Waals surface area contributed by atoms with Gasteiger partial charge in [0.05, 0.1) is 5.52 Å². The molecule has 1 N–H and O–H groups in total. The smallest absolute Gasteiger partial charge is 0.198 e. The van der Waals surface area contributed by atoms with Crippen LogP contribution in [0, 0.1) is 0 Å². The normalized spacial score (nSPS) is 13.9. The molecule has 0 spiro atoms. The molecule has 0 fully saturated rings. The van der Waals surface area contributed by atoms with Crippen LogP contribution >= 0.6 is 0 Å². The lowest BCUT2D eigenvalue weighted by Crippen LogP contribution is -2.38. The van der Waals surface area contributed by atoms with Crippen molar-refractivity contribution in [2.45, 2.75) is 71.6 Å². The number of fused-ring (bicyclic) bond motifs is 9. The van der Waals surface area contributed by atoms with E-state index in [4.69, 9.17) is 0 Å². The molecule has 0 atom stereocenters. The molecule has 9 aromatic rings. The van der Waals surface area contributed by atoms with E-state index in [0.717, 1.165) is 18.7 Å². The van der Waals surface area contributed by atoms with Gasteiger partial charge in [-0.3, -0.25) is 0 Å². The highest BCUT2D eigenvalue weighted by molar-refractivity contribution is 6.73. The maximum Gasteiger partial charge on any atom is 0.198 e. The number of aromatic nitrogens is 1. The molecule has 0 radical (unpaired) electrons. The van der Waals surface area contributed by atoms with Gasteiger partial charge in [-0.1, -0.05) is 164 Å². The molecule has 0 saturated heterocycles. The average Bonchev–Trinajstić information content (AvgIpc) is 3.69. The Kier molecular flexibility index (Phi) is 7.86. The third kappa shape index (κ3) is 5.55. The van der Waals surface area contributed by atoms with Crippen LogP contribution < -0.4 is 16.2 Å². The summed E-state index contributed by atoms with van der Waals surface area (Å²) in [6.07, 6.45) is 0. The Morgan fingerprint density at radius 2 is 1.25 bits per heavy atom. The Hall–Kier alpha value is -6.32. The lowest BCUT2D eigenvalue weighted by atomic mass is 9.58. The summed E-state index contributed by atoms with van der Waals surface area (Å²) >= 11 is 0. The minimum absolute atomic E-state index is 0.000660. The van der Waals surface area contributed by atoms with Gasteiger partial charge in [-0.25, -0.2) is 0 Å². The molecular formula is C57H51BN2. The summed E-state index contributed by atoms with van der Waals surface area (Å²) in [4.78, 5) is 0. The Morgan fingerprint density at radius 3 is 2.05 bits per heavy atom. The first-order valence-electron chi connectivity index (χ1n) is 21.6. The van der Waals surface area contributed by atoms with Crippen molar-refractivity contribution in [3.8, 4) is 39.1 Å². The Morgan fingerprint density at radius 1 is 0.533 bits per heavy atom. The van der Waals surface area contributed by atoms with Crippen LogP contribution in [0.25, 0.3) is 71.6 Å². The molecule has 1 aromatic heterocycles.